The number of aromatic carboxylic acids is 1. The molecule has 1 aromatic heterocycles. The van der Waals surface area contributed by atoms with Crippen LogP contribution >= 0.6 is 23.5 Å². The third kappa shape index (κ3) is 6.03. The molecule has 4 aromatic rings. The van der Waals surface area contributed by atoms with Crippen LogP contribution in [0.25, 0.3) is 0 Å². The standard InChI is InChI=1S/C26H21N3O3S2/c1-17-8-5-6-9-19(17)16-33-26-27-15-22(34-21-12-3-2-4-13-21)23(29-26)24(30)28-20-11-7-10-18(14-20)25(31)32/h2-15H,16H2,1H3,(H,28,30)(H,31,32). The van der Waals surface area contributed by atoms with Crippen molar-refractivity contribution in [2.45, 2.75) is 27.6 Å². The molecule has 0 aliphatic rings. The van der Waals surface area contributed by atoms with Crippen LogP contribution in [0.1, 0.15) is 32.0 Å². The van der Waals surface area contributed by atoms with E-state index in [0.29, 0.717) is 21.5 Å². The minimum absolute atomic E-state index is 0.0915. The van der Waals surface area contributed by atoms with E-state index in [2.05, 4.69) is 34.3 Å². The summed E-state index contributed by atoms with van der Waals surface area (Å²) in [5.41, 5.74) is 3.07. The Morgan fingerprint density at radius 2 is 1.74 bits per heavy atom. The first-order valence-corrected chi connectivity index (χ1v) is 12.2. The summed E-state index contributed by atoms with van der Waals surface area (Å²) >= 11 is 2.86. The van der Waals surface area contributed by atoms with Gasteiger partial charge in [0.25, 0.3) is 5.91 Å². The lowest BCUT2D eigenvalue weighted by atomic mass is 10.1. The molecule has 4 rings (SSSR count). The summed E-state index contributed by atoms with van der Waals surface area (Å²) < 4.78 is 0. The van der Waals surface area contributed by atoms with E-state index >= 15 is 0 Å². The molecule has 0 saturated heterocycles. The van der Waals surface area contributed by atoms with Gasteiger partial charge in [-0.25, -0.2) is 14.8 Å². The molecule has 0 unspecified atom stereocenters. The third-order valence-corrected chi connectivity index (χ3v) is 6.84. The van der Waals surface area contributed by atoms with Crippen LogP contribution < -0.4 is 5.32 Å². The van der Waals surface area contributed by atoms with Gasteiger partial charge in [0.1, 0.15) is 5.69 Å². The number of carboxylic acids is 1. The molecule has 0 atom stereocenters. The zero-order valence-electron chi connectivity index (χ0n) is 18.3. The van der Waals surface area contributed by atoms with Crippen molar-refractivity contribution < 1.29 is 14.7 Å². The number of carbonyl (C=O) groups is 2. The number of benzene rings is 3. The number of aromatic nitrogens is 2. The number of rotatable bonds is 8. The molecule has 0 aliphatic heterocycles. The SMILES string of the molecule is Cc1ccccc1CSc1ncc(Sc2ccccc2)c(C(=O)Nc2cccc(C(=O)O)c2)n1. The minimum Gasteiger partial charge on any atom is -0.478 e. The first kappa shape index (κ1) is 23.5. The molecule has 0 radical (unpaired) electrons. The highest BCUT2D eigenvalue weighted by molar-refractivity contribution is 7.99. The smallest absolute Gasteiger partial charge is 0.335 e. The van der Waals surface area contributed by atoms with Crippen molar-refractivity contribution in [3.63, 3.8) is 0 Å². The number of amides is 1. The van der Waals surface area contributed by atoms with E-state index in [-0.39, 0.29) is 11.3 Å². The lowest BCUT2D eigenvalue weighted by Gasteiger charge is -2.11. The zero-order valence-corrected chi connectivity index (χ0v) is 19.9. The number of nitrogens with zero attached hydrogens (tertiary/aromatic N) is 2. The van der Waals surface area contributed by atoms with E-state index in [1.165, 1.54) is 46.8 Å². The maximum atomic E-state index is 13.2. The average Bonchev–Trinajstić information content (AvgIpc) is 2.85. The second kappa shape index (κ2) is 11.0. The monoisotopic (exact) mass is 487 g/mol. The van der Waals surface area contributed by atoms with E-state index in [4.69, 9.17) is 0 Å². The maximum Gasteiger partial charge on any atom is 0.335 e. The Morgan fingerprint density at radius 3 is 2.50 bits per heavy atom. The van der Waals surface area contributed by atoms with Gasteiger partial charge in [0.05, 0.1) is 10.5 Å². The van der Waals surface area contributed by atoms with Gasteiger partial charge >= 0.3 is 5.97 Å². The summed E-state index contributed by atoms with van der Waals surface area (Å²) in [5.74, 6) is -0.811. The fraction of sp³-hybridized carbons (Fsp3) is 0.0769. The zero-order chi connectivity index (χ0) is 23.9. The van der Waals surface area contributed by atoms with Crippen LogP contribution in [-0.4, -0.2) is 27.0 Å². The lowest BCUT2D eigenvalue weighted by Crippen LogP contribution is -2.16. The Morgan fingerprint density at radius 1 is 0.971 bits per heavy atom. The topological polar surface area (TPSA) is 92.2 Å². The molecular weight excluding hydrogens is 466 g/mol. The van der Waals surface area contributed by atoms with Gasteiger partial charge in [-0.15, -0.1) is 0 Å². The van der Waals surface area contributed by atoms with Crippen LogP contribution in [0.2, 0.25) is 0 Å². The average molecular weight is 488 g/mol. The van der Waals surface area contributed by atoms with Crippen LogP contribution in [0.3, 0.4) is 0 Å². The summed E-state index contributed by atoms with van der Waals surface area (Å²) in [4.78, 5) is 35.1. The molecule has 2 N–H and O–H groups in total. The predicted octanol–water partition coefficient (Wildman–Crippen LogP) is 6.18. The second-order valence-corrected chi connectivity index (χ2v) is 9.39. The van der Waals surface area contributed by atoms with Gasteiger partial charge in [-0.05, 0) is 48.4 Å². The van der Waals surface area contributed by atoms with Crippen molar-refractivity contribution in [3.8, 4) is 0 Å². The van der Waals surface area contributed by atoms with Crippen LogP contribution in [-0.2, 0) is 5.75 Å². The number of aryl methyl sites for hydroxylation is 1. The molecule has 0 bridgehead atoms. The van der Waals surface area contributed by atoms with Crippen LogP contribution in [0.5, 0.6) is 0 Å². The predicted molar refractivity (Wildman–Crippen MR) is 135 cm³/mol. The van der Waals surface area contributed by atoms with Gasteiger partial charge in [0.2, 0.25) is 0 Å². The summed E-state index contributed by atoms with van der Waals surface area (Å²) in [6.07, 6.45) is 1.66. The summed E-state index contributed by atoms with van der Waals surface area (Å²) in [6, 6.07) is 23.9. The third-order valence-electron chi connectivity index (χ3n) is 4.90. The maximum absolute atomic E-state index is 13.2. The Balaban J connectivity index is 1.61. The molecule has 0 aliphatic carbocycles. The van der Waals surface area contributed by atoms with Gasteiger partial charge in [-0.1, -0.05) is 72.1 Å². The Labute approximate surface area is 205 Å². The normalized spacial score (nSPS) is 10.6. The van der Waals surface area contributed by atoms with Crippen LogP contribution in [0.15, 0.2) is 100 Å². The lowest BCUT2D eigenvalue weighted by molar-refractivity contribution is 0.0696. The molecule has 6 nitrogen and oxygen atoms in total. The molecule has 0 fully saturated rings. The van der Waals surface area contributed by atoms with Crippen molar-refractivity contribution in [3.05, 3.63) is 107 Å². The van der Waals surface area contributed by atoms with Crippen LogP contribution in [0.4, 0.5) is 5.69 Å². The summed E-state index contributed by atoms with van der Waals surface area (Å²) in [5, 5.41) is 12.5. The number of hydrogen-bond donors (Lipinski definition) is 2. The minimum atomic E-state index is -1.06. The molecule has 170 valence electrons. The number of thioether (sulfide) groups is 1. The fourth-order valence-electron chi connectivity index (χ4n) is 3.11. The molecule has 8 heteroatoms. The van der Waals surface area contributed by atoms with E-state index in [1.807, 2.05) is 42.5 Å². The molecular formula is C26H21N3O3S2. The number of anilines is 1. The van der Waals surface area contributed by atoms with Gasteiger partial charge < -0.3 is 10.4 Å². The molecule has 1 heterocycles. The number of nitrogens with one attached hydrogen (secondary N) is 1. The highest BCUT2D eigenvalue weighted by Gasteiger charge is 2.18. The van der Waals surface area contributed by atoms with Crippen molar-refractivity contribution in [2.75, 3.05) is 5.32 Å². The van der Waals surface area contributed by atoms with Gasteiger partial charge in [0.15, 0.2) is 5.16 Å². The number of carboxylic acid groups (broad SMARTS) is 1. The van der Waals surface area contributed by atoms with E-state index in [9.17, 15) is 14.7 Å². The molecule has 34 heavy (non-hydrogen) atoms. The van der Waals surface area contributed by atoms with Gasteiger partial charge in [-0.3, -0.25) is 4.79 Å². The quantitative estimate of drug-likeness (QED) is 0.226. The number of carbonyl (C=O) groups excluding carboxylic acids is 1. The molecule has 0 spiro atoms. The van der Waals surface area contributed by atoms with E-state index in [1.54, 1.807) is 18.3 Å². The Bertz CT molecular complexity index is 1330. The Hall–Kier alpha value is -3.62. The first-order valence-electron chi connectivity index (χ1n) is 10.4. The summed E-state index contributed by atoms with van der Waals surface area (Å²) in [7, 11) is 0. The second-order valence-electron chi connectivity index (χ2n) is 7.34. The summed E-state index contributed by atoms with van der Waals surface area (Å²) in [6.45, 7) is 2.06. The van der Waals surface area contributed by atoms with Gasteiger partial charge in [-0.2, -0.15) is 0 Å². The first-order chi connectivity index (χ1) is 16.5. The van der Waals surface area contributed by atoms with Crippen molar-refractivity contribution in [2.24, 2.45) is 0 Å². The van der Waals surface area contributed by atoms with Crippen LogP contribution in [0, 0.1) is 6.92 Å². The fourth-order valence-corrected chi connectivity index (χ4v) is 4.89. The highest BCUT2D eigenvalue weighted by Crippen LogP contribution is 2.31. The van der Waals surface area contributed by atoms with Crippen molar-refractivity contribution in [1.29, 1.82) is 0 Å². The van der Waals surface area contributed by atoms with E-state index in [0.717, 1.165) is 4.90 Å². The molecule has 1 amide bonds. The van der Waals surface area contributed by atoms with Gasteiger partial charge in [0, 0.05) is 22.5 Å². The number of hydrogen-bond acceptors (Lipinski definition) is 6. The largest absolute Gasteiger partial charge is 0.478 e. The van der Waals surface area contributed by atoms with Crippen molar-refractivity contribution >= 4 is 41.1 Å². The molecule has 0 saturated carbocycles. The highest BCUT2D eigenvalue weighted by atomic mass is 32.2. The molecule has 3 aromatic carbocycles. The van der Waals surface area contributed by atoms with E-state index < -0.39 is 11.9 Å². The Kier molecular flexibility index (Phi) is 7.61. The van der Waals surface area contributed by atoms with Crippen molar-refractivity contribution in [1.82, 2.24) is 9.97 Å².